The molecule has 6 heteroatoms. The highest BCUT2D eigenvalue weighted by Gasteiger charge is 2.46. The number of methoxy groups -OCH3 is 1. The number of amides is 2. The zero-order chi connectivity index (χ0) is 22.0. The van der Waals surface area contributed by atoms with Gasteiger partial charge >= 0.3 is 12.0 Å². The topological polar surface area (TPSA) is 58.6 Å². The van der Waals surface area contributed by atoms with Crippen LogP contribution in [0.15, 0.2) is 54.1 Å². The van der Waals surface area contributed by atoms with Crippen molar-refractivity contribution in [3.8, 4) is 11.1 Å². The van der Waals surface area contributed by atoms with Crippen molar-refractivity contribution in [2.75, 3.05) is 13.7 Å². The van der Waals surface area contributed by atoms with Crippen molar-refractivity contribution in [1.82, 2.24) is 10.2 Å². The Labute approximate surface area is 181 Å². The van der Waals surface area contributed by atoms with E-state index in [9.17, 15) is 9.59 Å². The van der Waals surface area contributed by atoms with Gasteiger partial charge in [0.1, 0.15) is 5.82 Å². The van der Waals surface area contributed by atoms with E-state index in [1.807, 2.05) is 43.3 Å². The predicted octanol–water partition coefficient (Wildman–Crippen LogP) is 4.78. The smallest absolute Gasteiger partial charge is 0.336 e. The van der Waals surface area contributed by atoms with Crippen LogP contribution >= 0.6 is 0 Å². The van der Waals surface area contributed by atoms with Gasteiger partial charge in [-0.05, 0) is 48.4 Å². The van der Waals surface area contributed by atoms with Crippen LogP contribution in [0.1, 0.15) is 38.2 Å². The minimum atomic E-state index is -0.457. The van der Waals surface area contributed by atoms with E-state index in [0.717, 1.165) is 24.0 Å². The van der Waals surface area contributed by atoms with E-state index in [1.54, 1.807) is 11.0 Å². The monoisotopic (exact) mass is 422 g/mol. The maximum Gasteiger partial charge on any atom is 0.336 e. The Morgan fingerprint density at radius 3 is 2.58 bits per heavy atom. The van der Waals surface area contributed by atoms with Crippen LogP contribution in [0.5, 0.6) is 0 Å². The standard InChI is InChI=1S/C25H27FN2O3/c1-3-13-27-25(30)28-18-10-12-22(28)23(24(29)31-2)20(15-18)17-9-11-19(21(26)14-17)16-7-5-4-6-8-16/h4-9,11,14,18,22H,3,10,12-13,15H2,1-2H3,(H,27,30). The number of hydrogen-bond acceptors (Lipinski definition) is 3. The largest absolute Gasteiger partial charge is 0.466 e. The highest BCUT2D eigenvalue weighted by molar-refractivity contribution is 6.01. The van der Waals surface area contributed by atoms with Crippen molar-refractivity contribution < 1.29 is 18.7 Å². The molecule has 31 heavy (non-hydrogen) atoms. The lowest BCUT2D eigenvalue weighted by Gasteiger charge is -2.37. The third-order valence-corrected chi connectivity index (χ3v) is 6.17. The Balaban J connectivity index is 1.73. The van der Waals surface area contributed by atoms with Crippen LogP contribution in [0.25, 0.3) is 16.7 Å². The molecule has 1 N–H and O–H groups in total. The molecule has 2 amide bonds. The Morgan fingerprint density at radius 1 is 1.13 bits per heavy atom. The summed E-state index contributed by atoms with van der Waals surface area (Å²) < 4.78 is 20.1. The van der Waals surface area contributed by atoms with Gasteiger partial charge in [-0.2, -0.15) is 0 Å². The van der Waals surface area contributed by atoms with Crippen molar-refractivity contribution in [3.05, 3.63) is 65.5 Å². The summed E-state index contributed by atoms with van der Waals surface area (Å²) in [5, 5.41) is 2.92. The van der Waals surface area contributed by atoms with Gasteiger partial charge < -0.3 is 15.0 Å². The van der Waals surface area contributed by atoms with Crippen molar-refractivity contribution in [2.24, 2.45) is 0 Å². The zero-order valence-corrected chi connectivity index (χ0v) is 17.9. The average Bonchev–Trinajstić information content (AvgIpc) is 3.10. The van der Waals surface area contributed by atoms with E-state index < -0.39 is 5.97 Å². The minimum Gasteiger partial charge on any atom is -0.466 e. The molecular weight excluding hydrogens is 395 g/mol. The second-order valence-corrected chi connectivity index (χ2v) is 8.03. The lowest BCUT2D eigenvalue weighted by molar-refractivity contribution is -0.136. The highest BCUT2D eigenvalue weighted by Crippen LogP contribution is 2.44. The maximum absolute atomic E-state index is 15.0. The first-order chi connectivity index (χ1) is 15.0. The number of rotatable bonds is 5. The fourth-order valence-electron chi connectivity index (χ4n) is 4.74. The van der Waals surface area contributed by atoms with Gasteiger partial charge in [-0.25, -0.2) is 14.0 Å². The van der Waals surface area contributed by atoms with Crippen LogP contribution in [0.4, 0.5) is 9.18 Å². The SMILES string of the molecule is CCCNC(=O)N1C2CCC1C(C(=O)OC)=C(c1ccc(-c3ccccc3)c(F)c1)C2. The van der Waals surface area contributed by atoms with Crippen molar-refractivity contribution in [1.29, 1.82) is 0 Å². The third-order valence-electron chi connectivity index (χ3n) is 6.17. The van der Waals surface area contributed by atoms with Crippen LogP contribution in [0, 0.1) is 5.82 Å². The molecule has 2 aromatic rings. The molecule has 2 aromatic carbocycles. The van der Waals surface area contributed by atoms with Gasteiger partial charge in [0.15, 0.2) is 0 Å². The lowest BCUT2D eigenvalue weighted by Crippen LogP contribution is -2.51. The predicted molar refractivity (Wildman–Crippen MR) is 118 cm³/mol. The number of urea groups is 1. The fourth-order valence-corrected chi connectivity index (χ4v) is 4.74. The zero-order valence-electron chi connectivity index (χ0n) is 17.9. The van der Waals surface area contributed by atoms with Crippen LogP contribution < -0.4 is 5.32 Å². The van der Waals surface area contributed by atoms with Crippen molar-refractivity contribution in [3.63, 3.8) is 0 Å². The fraction of sp³-hybridized carbons (Fsp3) is 0.360. The molecule has 2 bridgehead atoms. The van der Waals surface area contributed by atoms with Crippen LogP contribution in [-0.2, 0) is 9.53 Å². The molecule has 0 aromatic heterocycles. The number of ether oxygens (including phenoxy) is 1. The molecule has 2 aliphatic heterocycles. The molecule has 0 radical (unpaired) electrons. The molecule has 2 heterocycles. The Bertz CT molecular complexity index is 1020. The van der Waals surface area contributed by atoms with Crippen molar-refractivity contribution >= 4 is 17.6 Å². The summed E-state index contributed by atoms with van der Waals surface area (Å²) in [5.41, 5.74) is 3.23. The van der Waals surface area contributed by atoms with Crippen LogP contribution in [0.3, 0.4) is 0 Å². The highest BCUT2D eigenvalue weighted by atomic mass is 19.1. The quantitative estimate of drug-likeness (QED) is 0.706. The Hall–Kier alpha value is -3.15. The van der Waals surface area contributed by atoms with Gasteiger partial charge in [-0.3, -0.25) is 0 Å². The lowest BCUT2D eigenvalue weighted by atomic mass is 9.87. The van der Waals surface area contributed by atoms with Gasteiger partial charge in [0.2, 0.25) is 0 Å². The normalized spacial score (nSPS) is 20.0. The number of carbonyl (C=O) groups is 2. The molecule has 2 unspecified atom stereocenters. The molecule has 0 spiro atoms. The van der Waals surface area contributed by atoms with Crippen molar-refractivity contribution in [2.45, 2.75) is 44.7 Å². The molecule has 5 nitrogen and oxygen atoms in total. The number of benzene rings is 2. The van der Waals surface area contributed by atoms with Gasteiger partial charge in [0.05, 0.1) is 18.7 Å². The Kier molecular flexibility index (Phi) is 6.07. The number of nitrogens with zero attached hydrogens (tertiary/aromatic N) is 1. The molecule has 162 valence electrons. The third kappa shape index (κ3) is 3.94. The second kappa shape index (κ2) is 8.92. The first-order valence-corrected chi connectivity index (χ1v) is 10.8. The van der Waals surface area contributed by atoms with E-state index >= 15 is 4.39 Å². The summed E-state index contributed by atoms with van der Waals surface area (Å²) in [6.45, 7) is 2.59. The summed E-state index contributed by atoms with van der Waals surface area (Å²) in [7, 11) is 1.34. The average molecular weight is 423 g/mol. The number of carbonyl (C=O) groups excluding carboxylic acids is 2. The summed E-state index contributed by atoms with van der Waals surface area (Å²) in [4.78, 5) is 27.3. The molecule has 0 saturated carbocycles. The molecule has 1 fully saturated rings. The molecule has 2 atom stereocenters. The van der Waals surface area contributed by atoms with Crippen LogP contribution in [-0.4, -0.2) is 42.6 Å². The molecule has 1 saturated heterocycles. The number of esters is 1. The number of halogens is 1. The van der Waals surface area contributed by atoms with Gasteiger partial charge in [-0.1, -0.05) is 49.4 Å². The van der Waals surface area contributed by atoms with E-state index in [0.29, 0.717) is 36.1 Å². The number of nitrogens with one attached hydrogen (secondary N) is 1. The molecular formula is C25H27FN2O3. The second-order valence-electron chi connectivity index (χ2n) is 8.03. The van der Waals surface area contributed by atoms with E-state index in [-0.39, 0.29) is 23.9 Å². The Morgan fingerprint density at radius 2 is 1.90 bits per heavy atom. The summed E-state index contributed by atoms with van der Waals surface area (Å²) in [6.07, 6.45) is 2.85. The van der Waals surface area contributed by atoms with Gasteiger partial charge in [-0.15, -0.1) is 0 Å². The molecule has 4 rings (SSSR count). The maximum atomic E-state index is 15.0. The van der Waals surface area contributed by atoms with E-state index in [2.05, 4.69) is 5.32 Å². The van der Waals surface area contributed by atoms with E-state index in [4.69, 9.17) is 4.74 Å². The number of fused-ring (bicyclic) bond motifs is 2. The summed E-state index contributed by atoms with van der Waals surface area (Å²) in [5.74, 6) is -0.794. The minimum absolute atomic E-state index is 0.0119. The molecule has 0 aliphatic carbocycles. The number of hydrogen-bond donors (Lipinski definition) is 1. The van der Waals surface area contributed by atoms with E-state index in [1.165, 1.54) is 13.2 Å². The van der Waals surface area contributed by atoms with Gasteiger partial charge in [0, 0.05) is 18.2 Å². The van der Waals surface area contributed by atoms with Gasteiger partial charge in [0.25, 0.3) is 0 Å². The summed E-state index contributed by atoms with van der Waals surface area (Å²) >= 11 is 0. The van der Waals surface area contributed by atoms with Crippen LogP contribution in [0.2, 0.25) is 0 Å². The first kappa shape index (κ1) is 21.1. The first-order valence-electron chi connectivity index (χ1n) is 10.8. The summed E-state index contributed by atoms with van der Waals surface area (Å²) in [6, 6.07) is 14.0. The molecule has 2 aliphatic rings.